The predicted octanol–water partition coefficient (Wildman–Crippen LogP) is 3.91. The molecule has 3 aromatic carbocycles. The van der Waals surface area contributed by atoms with E-state index in [9.17, 15) is 4.79 Å². The smallest absolute Gasteiger partial charge is 0.315 e. The van der Waals surface area contributed by atoms with E-state index in [2.05, 4.69) is 16.7 Å². The van der Waals surface area contributed by atoms with E-state index >= 15 is 0 Å². The number of nitrogens with one attached hydrogen (secondary N) is 2. The first-order valence-electron chi connectivity index (χ1n) is 8.90. The summed E-state index contributed by atoms with van der Waals surface area (Å²) in [5.41, 5.74) is 3.26. The molecule has 0 atom stereocenters. The van der Waals surface area contributed by atoms with E-state index in [0.29, 0.717) is 13.1 Å². The summed E-state index contributed by atoms with van der Waals surface area (Å²) in [4.78, 5) is 14.1. The second kappa shape index (κ2) is 8.45. The van der Waals surface area contributed by atoms with Crippen LogP contribution in [0.5, 0.6) is 5.75 Å². The minimum absolute atomic E-state index is 0.179. The average molecular weight is 363 g/mol. The molecule has 0 saturated carbocycles. The Morgan fingerprint density at radius 3 is 2.11 bits per heavy atom. The molecule has 0 unspecified atom stereocenters. The molecule has 0 aliphatic rings. The molecule has 0 fully saturated rings. The van der Waals surface area contributed by atoms with Crippen molar-refractivity contribution in [3.63, 3.8) is 0 Å². The predicted molar refractivity (Wildman–Crippen MR) is 110 cm³/mol. The quantitative estimate of drug-likeness (QED) is 0.698. The second-order valence-electron chi connectivity index (χ2n) is 6.64. The van der Waals surface area contributed by atoms with Gasteiger partial charge in [0.15, 0.2) is 0 Å². The largest absolute Gasteiger partial charge is 0.497 e. The molecule has 140 valence electrons. The Morgan fingerprint density at radius 1 is 0.852 bits per heavy atom. The SMILES string of the molecule is COc1ccc2cc(CNC(=O)NCc3ccc(N(C)C)cc3)ccc2c1. The molecule has 0 saturated heterocycles. The van der Waals surface area contributed by atoms with Crippen molar-refractivity contribution in [2.75, 3.05) is 26.1 Å². The second-order valence-corrected chi connectivity index (χ2v) is 6.64. The Bertz CT molecular complexity index is 920. The number of carbonyl (C=O) groups excluding carboxylic acids is 1. The van der Waals surface area contributed by atoms with Crippen molar-refractivity contribution in [3.05, 3.63) is 71.8 Å². The molecular formula is C22H25N3O2. The van der Waals surface area contributed by atoms with E-state index in [4.69, 9.17) is 4.74 Å². The fourth-order valence-electron chi connectivity index (χ4n) is 2.85. The minimum Gasteiger partial charge on any atom is -0.497 e. The number of carbonyl (C=O) groups is 1. The number of amides is 2. The summed E-state index contributed by atoms with van der Waals surface area (Å²) < 4.78 is 5.25. The third kappa shape index (κ3) is 4.91. The van der Waals surface area contributed by atoms with Crippen LogP contribution in [0.15, 0.2) is 60.7 Å². The Morgan fingerprint density at radius 2 is 1.44 bits per heavy atom. The van der Waals surface area contributed by atoms with Crippen molar-refractivity contribution in [2.24, 2.45) is 0 Å². The molecule has 3 aromatic rings. The first-order valence-corrected chi connectivity index (χ1v) is 8.90. The molecule has 0 aliphatic heterocycles. The highest BCUT2D eigenvalue weighted by molar-refractivity contribution is 5.84. The fourth-order valence-corrected chi connectivity index (χ4v) is 2.85. The molecule has 0 aliphatic carbocycles. The lowest BCUT2D eigenvalue weighted by Gasteiger charge is -2.13. The van der Waals surface area contributed by atoms with Crippen molar-refractivity contribution in [3.8, 4) is 5.75 Å². The number of rotatable bonds is 6. The summed E-state index contributed by atoms with van der Waals surface area (Å²) in [5.74, 6) is 0.839. The van der Waals surface area contributed by atoms with Gasteiger partial charge in [-0.2, -0.15) is 0 Å². The van der Waals surface area contributed by atoms with E-state index in [1.165, 1.54) is 0 Å². The van der Waals surface area contributed by atoms with Crippen molar-refractivity contribution in [2.45, 2.75) is 13.1 Å². The van der Waals surface area contributed by atoms with Gasteiger partial charge in [0.1, 0.15) is 5.75 Å². The van der Waals surface area contributed by atoms with Crippen LogP contribution in [-0.4, -0.2) is 27.2 Å². The van der Waals surface area contributed by atoms with Gasteiger partial charge in [0, 0.05) is 32.9 Å². The molecule has 27 heavy (non-hydrogen) atoms. The number of nitrogens with zero attached hydrogens (tertiary/aromatic N) is 1. The lowest BCUT2D eigenvalue weighted by Crippen LogP contribution is -2.34. The highest BCUT2D eigenvalue weighted by Gasteiger charge is 2.03. The van der Waals surface area contributed by atoms with Gasteiger partial charge in [-0.15, -0.1) is 0 Å². The summed E-state index contributed by atoms with van der Waals surface area (Å²) in [6.07, 6.45) is 0. The normalized spacial score (nSPS) is 10.5. The van der Waals surface area contributed by atoms with E-state index in [1.54, 1.807) is 7.11 Å². The van der Waals surface area contributed by atoms with Gasteiger partial charge >= 0.3 is 6.03 Å². The standard InChI is InChI=1S/C22H25N3O2/c1-25(2)20-9-5-16(6-10-20)14-23-22(26)24-15-17-4-7-19-13-21(27-3)11-8-18(19)12-17/h4-13H,14-15H2,1-3H3,(H2,23,24,26). The van der Waals surface area contributed by atoms with Gasteiger partial charge in [0.25, 0.3) is 0 Å². The number of urea groups is 1. The first-order chi connectivity index (χ1) is 13.0. The number of fused-ring (bicyclic) bond motifs is 1. The topological polar surface area (TPSA) is 53.6 Å². The highest BCUT2D eigenvalue weighted by atomic mass is 16.5. The molecular weight excluding hydrogens is 338 g/mol. The van der Waals surface area contributed by atoms with Crippen molar-refractivity contribution in [1.82, 2.24) is 10.6 Å². The van der Waals surface area contributed by atoms with Crippen LogP contribution in [0, 0.1) is 0 Å². The molecule has 2 amide bonds. The maximum absolute atomic E-state index is 12.1. The van der Waals surface area contributed by atoms with Gasteiger partial charge in [-0.25, -0.2) is 4.79 Å². The van der Waals surface area contributed by atoms with Crippen LogP contribution in [0.3, 0.4) is 0 Å². The van der Waals surface area contributed by atoms with Gasteiger partial charge in [-0.3, -0.25) is 0 Å². The van der Waals surface area contributed by atoms with Gasteiger partial charge in [0.05, 0.1) is 7.11 Å². The molecule has 0 bridgehead atoms. The van der Waals surface area contributed by atoms with Crippen LogP contribution in [0.1, 0.15) is 11.1 Å². The third-order valence-electron chi connectivity index (χ3n) is 4.47. The average Bonchev–Trinajstić information content (AvgIpc) is 2.70. The van der Waals surface area contributed by atoms with Crippen LogP contribution in [0.4, 0.5) is 10.5 Å². The minimum atomic E-state index is -0.179. The third-order valence-corrected chi connectivity index (χ3v) is 4.47. The number of hydrogen-bond donors (Lipinski definition) is 2. The van der Waals surface area contributed by atoms with E-state index < -0.39 is 0 Å². The molecule has 0 heterocycles. The van der Waals surface area contributed by atoms with Gasteiger partial charge in [-0.05, 0) is 52.2 Å². The molecule has 0 spiro atoms. The van der Waals surface area contributed by atoms with Gasteiger partial charge in [0.2, 0.25) is 0 Å². The van der Waals surface area contributed by atoms with Crippen LogP contribution in [0.2, 0.25) is 0 Å². The highest BCUT2D eigenvalue weighted by Crippen LogP contribution is 2.21. The summed E-state index contributed by atoms with van der Waals surface area (Å²) in [6, 6.07) is 20.0. The number of hydrogen-bond acceptors (Lipinski definition) is 3. The van der Waals surface area contributed by atoms with E-state index in [-0.39, 0.29) is 6.03 Å². The van der Waals surface area contributed by atoms with Gasteiger partial charge < -0.3 is 20.3 Å². The van der Waals surface area contributed by atoms with Crippen LogP contribution in [-0.2, 0) is 13.1 Å². The first kappa shape index (κ1) is 18.6. The van der Waals surface area contributed by atoms with Crippen LogP contribution in [0.25, 0.3) is 10.8 Å². The van der Waals surface area contributed by atoms with Crippen molar-refractivity contribution in [1.29, 1.82) is 0 Å². The Labute approximate surface area is 159 Å². The zero-order valence-electron chi connectivity index (χ0n) is 16.0. The number of ether oxygens (including phenoxy) is 1. The summed E-state index contributed by atoms with van der Waals surface area (Å²) in [7, 11) is 5.67. The summed E-state index contributed by atoms with van der Waals surface area (Å²) in [5, 5.41) is 8.03. The number of anilines is 1. The van der Waals surface area contributed by atoms with Crippen molar-refractivity contribution >= 4 is 22.5 Å². The van der Waals surface area contributed by atoms with Crippen LogP contribution < -0.4 is 20.3 Å². The Balaban J connectivity index is 1.52. The number of methoxy groups -OCH3 is 1. The molecule has 3 rings (SSSR count). The van der Waals surface area contributed by atoms with E-state index in [1.807, 2.05) is 73.6 Å². The zero-order chi connectivity index (χ0) is 19.2. The fraction of sp³-hybridized carbons (Fsp3) is 0.227. The lowest BCUT2D eigenvalue weighted by molar-refractivity contribution is 0.240. The molecule has 5 heteroatoms. The summed E-state index contributed by atoms with van der Waals surface area (Å²) in [6.45, 7) is 0.977. The Kier molecular flexibility index (Phi) is 5.81. The monoisotopic (exact) mass is 363 g/mol. The van der Waals surface area contributed by atoms with Gasteiger partial charge in [-0.1, -0.05) is 30.3 Å². The van der Waals surface area contributed by atoms with E-state index in [0.717, 1.165) is 33.3 Å². The maximum Gasteiger partial charge on any atom is 0.315 e. The summed E-state index contributed by atoms with van der Waals surface area (Å²) >= 11 is 0. The maximum atomic E-state index is 12.1. The zero-order valence-corrected chi connectivity index (χ0v) is 16.0. The molecule has 0 aromatic heterocycles. The molecule has 5 nitrogen and oxygen atoms in total. The lowest BCUT2D eigenvalue weighted by atomic mass is 10.1. The molecule has 2 N–H and O–H groups in total. The Hall–Kier alpha value is -3.21. The van der Waals surface area contributed by atoms with Crippen molar-refractivity contribution < 1.29 is 9.53 Å². The molecule has 0 radical (unpaired) electrons. The number of benzene rings is 3. The van der Waals surface area contributed by atoms with Crippen LogP contribution >= 0.6 is 0 Å².